The van der Waals surface area contributed by atoms with Gasteiger partial charge in [0.2, 0.25) is 0 Å². The van der Waals surface area contributed by atoms with Crippen LogP contribution in [0.4, 0.5) is 0 Å². The summed E-state index contributed by atoms with van der Waals surface area (Å²) in [6.45, 7) is 6.46. The lowest BCUT2D eigenvalue weighted by atomic mass is 10.1. The molecular weight excluding hydrogens is 961 g/mol. The third-order valence-corrected chi connectivity index (χ3v) is 13.4. The average Bonchev–Trinajstić information content (AvgIpc) is 3.44. The summed E-state index contributed by atoms with van der Waals surface area (Å²) in [4.78, 5) is 38.3. The molecule has 0 amide bonds. The van der Waals surface area contributed by atoms with E-state index in [9.17, 15) is 14.4 Å². The molecular formula is C72H118O6. The second kappa shape index (κ2) is 65.1. The Morgan fingerprint density at radius 2 is 0.500 bits per heavy atom. The van der Waals surface area contributed by atoms with E-state index in [0.717, 1.165) is 128 Å². The van der Waals surface area contributed by atoms with Crippen molar-refractivity contribution in [3.8, 4) is 0 Å². The summed E-state index contributed by atoms with van der Waals surface area (Å²) >= 11 is 0. The molecule has 0 radical (unpaired) electrons. The summed E-state index contributed by atoms with van der Waals surface area (Å²) in [5.41, 5.74) is 0. The molecule has 0 aliphatic rings. The van der Waals surface area contributed by atoms with Crippen LogP contribution < -0.4 is 0 Å². The van der Waals surface area contributed by atoms with Crippen LogP contribution in [0.5, 0.6) is 0 Å². The Balaban J connectivity index is 4.48. The summed E-state index contributed by atoms with van der Waals surface area (Å²) < 4.78 is 16.9. The Bertz CT molecular complexity index is 1670. The van der Waals surface area contributed by atoms with Crippen molar-refractivity contribution < 1.29 is 28.6 Å². The largest absolute Gasteiger partial charge is 0.462 e. The fourth-order valence-electron chi connectivity index (χ4n) is 8.54. The molecule has 78 heavy (non-hydrogen) atoms. The van der Waals surface area contributed by atoms with Crippen LogP contribution in [0, 0.1) is 0 Å². The Kier molecular flexibility index (Phi) is 61.4. The molecule has 442 valence electrons. The molecule has 0 aromatic heterocycles. The number of esters is 3. The van der Waals surface area contributed by atoms with E-state index in [1.54, 1.807) is 0 Å². The van der Waals surface area contributed by atoms with E-state index in [1.807, 2.05) is 0 Å². The van der Waals surface area contributed by atoms with Crippen molar-refractivity contribution in [1.82, 2.24) is 0 Å². The van der Waals surface area contributed by atoms with Crippen molar-refractivity contribution in [2.24, 2.45) is 0 Å². The molecule has 0 aromatic carbocycles. The molecule has 0 saturated heterocycles. The van der Waals surface area contributed by atoms with E-state index >= 15 is 0 Å². The summed E-state index contributed by atoms with van der Waals surface area (Å²) in [6, 6.07) is 0. The smallest absolute Gasteiger partial charge is 0.306 e. The van der Waals surface area contributed by atoms with Crippen molar-refractivity contribution in [2.75, 3.05) is 13.2 Å². The highest BCUT2D eigenvalue weighted by Gasteiger charge is 2.19. The highest BCUT2D eigenvalue weighted by Crippen LogP contribution is 2.14. The van der Waals surface area contributed by atoms with Crippen LogP contribution in [-0.2, 0) is 28.6 Å². The van der Waals surface area contributed by atoms with Gasteiger partial charge in [0.25, 0.3) is 0 Å². The van der Waals surface area contributed by atoms with Gasteiger partial charge in [0.05, 0.1) is 0 Å². The number of allylic oxidation sites excluding steroid dienone is 22. The van der Waals surface area contributed by atoms with Gasteiger partial charge in [-0.05, 0) is 141 Å². The van der Waals surface area contributed by atoms with Crippen molar-refractivity contribution in [3.63, 3.8) is 0 Å². The van der Waals surface area contributed by atoms with Gasteiger partial charge in [-0.2, -0.15) is 0 Å². The number of ether oxygens (including phenoxy) is 3. The van der Waals surface area contributed by atoms with Gasteiger partial charge in [-0.3, -0.25) is 14.4 Å². The fraction of sp³-hybridized carbons (Fsp3) is 0.653. The fourth-order valence-corrected chi connectivity index (χ4v) is 8.54. The average molecular weight is 1080 g/mol. The summed E-state index contributed by atoms with van der Waals surface area (Å²) in [5.74, 6) is -0.961. The van der Waals surface area contributed by atoms with Gasteiger partial charge in [-0.15, -0.1) is 0 Å². The van der Waals surface area contributed by atoms with E-state index in [2.05, 4.69) is 154 Å². The normalized spacial score (nSPS) is 13.0. The SMILES string of the molecule is CC/C=C\C/C=C\C/C=C\C/C=C\C/C=C\C/C=C\C/C=C\C/C=C\CCCCC(=O)OCC(COC(=O)CCCCCCC/C=C\CCCCCCCCC)OC(=O)CCCCCCCCC/C=C\C/C=C\CCCCC. The number of hydrogen-bond acceptors (Lipinski definition) is 6. The predicted molar refractivity (Wildman–Crippen MR) is 339 cm³/mol. The zero-order valence-electron chi connectivity index (χ0n) is 50.6. The van der Waals surface area contributed by atoms with Gasteiger partial charge >= 0.3 is 17.9 Å². The molecule has 1 unspecified atom stereocenters. The van der Waals surface area contributed by atoms with Crippen LogP contribution in [0.3, 0.4) is 0 Å². The minimum atomic E-state index is -0.810. The minimum Gasteiger partial charge on any atom is -0.462 e. The zero-order valence-corrected chi connectivity index (χ0v) is 50.6. The Morgan fingerprint density at radius 3 is 0.846 bits per heavy atom. The van der Waals surface area contributed by atoms with Crippen LogP contribution in [-0.4, -0.2) is 37.2 Å². The quantitative estimate of drug-likeness (QED) is 0.0261. The molecule has 0 N–H and O–H groups in total. The maximum atomic E-state index is 12.9. The molecule has 6 heteroatoms. The van der Waals surface area contributed by atoms with Crippen molar-refractivity contribution >= 4 is 17.9 Å². The lowest BCUT2D eigenvalue weighted by Gasteiger charge is -2.18. The third-order valence-electron chi connectivity index (χ3n) is 13.4. The van der Waals surface area contributed by atoms with Crippen molar-refractivity contribution in [2.45, 2.75) is 290 Å². The molecule has 0 saturated carbocycles. The van der Waals surface area contributed by atoms with Crippen molar-refractivity contribution in [3.05, 3.63) is 134 Å². The first-order valence-electron chi connectivity index (χ1n) is 32.2. The van der Waals surface area contributed by atoms with E-state index in [0.29, 0.717) is 25.7 Å². The predicted octanol–water partition coefficient (Wildman–Crippen LogP) is 22.2. The Hall–Kier alpha value is -4.45. The molecule has 6 nitrogen and oxygen atoms in total. The highest BCUT2D eigenvalue weighted by molar-refractivity contribution is 5.71. The van der Waals surface area contributed by atoms with Crippen LogP contribution in [0.25, 0.3) is 0 Å². The van der Waals surface area contributed by atoms with Gasteiger partial charge in [0.1, 0.15) is 13.2 Å². The molecule has 0 aliphatic carbocycles. The molecule has 0 rings (SSSR count). The Morgan fingerprint density at radius 1 is 0.269 bits per heavy atom. The van der Waals surface area contributed by atoms with Gasteiger partial charge in [-0.25, -0.2) is 0 Å². The lowest BCUT2D eigenvalue weighted by molar-refractivity contribution is -0.167. The molecule has 0 spiro atoms. The lowest BCUT2D eigenvalue weighted by Crippen LogP contribution is -2.30. The molecule has 0 heterocycles. The number of rotatable bonds is 57. The first kappa shape index (κ1) is 73.5. The second-order valence-electron chi connectivity index (χ2n) is 20.9. The first-order valence-corrected chi connectivity index (χ1v) is 32.2. The summed E-state index contributed by atoms with van der Waals surface area (Å²) in [5, 5.41) is 0. The number of unbranched alkanes of at least 4 members (excludes halogenated alkanes) is 24. The van der Waals surface area contributed by atoms with E-state index < -0.39 is 6.10 Å². The van der Waals surface area contributed by atoms with Crippen LogP contribution in [0.1, 0.15) is 284 Å². The monoisotopic (exact) mass is 1080 g/mol. The standard InChI is InChI=1S/C72H118O6/c1-4-7-10-13-16-19-22-25-28-31-32-33-34-35-36-37-38-39-40-42-44-47-50-53-56-59-62-65-71(74)77-68-69(67-76-70(73)64-61-58-55-52-49-46-43-30-27-24-21-18-15-12-9-6-3)78-72(75)66-63-60-57-54-51-48-45-41-29-26-23-20-17-14-11-8-5-2/h7,10,16-17,19-20,25-26,28-30,32-33,35-36,38-39,42-44,50,53,69H,4-6,8-9,11-15,18,21-24,27,31,34,37,40-41,45-49,51-52,54-68H2,1-3H3/b10-7-,19-16-,20-17-,28-25-,29-26-,33-32-,36-35-,39-38-,43-30-,44-42-,53-50-. The molecule has 0 aliphatic heterocycles. The maximum absolute atomic E-state index is 12.9. The maximum Gasteiger partial charge on any atom is 0.306 e. The number of carbonyl (C=O) groups excluding carboxylic acids is 3. The van der Waals surface area contributed by atoms with Gasteiger partial charge in [0.15, 0.2) is 6.10 Å². The number of hydrogen-bond donors (Lipinski definition) is 0. The zero-order chi connectivity index (χ0) is 56.4. The van der Waals surface area contributed by atoms with Gasteiger partial charge in [0, 0.05) is 19.3 Å². The van der Waals surface area contributed by atoms with E-state index in [-0.39, 0.29) is 31.1 Å². The first-order chi connectivity index (χ1) is 38.5. The van der Waals surface area contributed by atoms with Crippen LogP contribution in [0.15, 0.2) is 134 Å². The van der Waals surface area contributed by atoms with Gasteiger partial charge < -0.3 is 14.2 Å². The molecule has 0 aromatic rings. The van der Waals surface area contributed by atoms with Crippen molar-refractivity contribution in [1.29, 1.82) is 0 Å². The van der Waals surface area contributed by atoms with E-state index in [4.69, 9.17) is 14.2 Å². The molecule has 0 bridgehead atoms. The topological polar surface area (TPSA) is 78.9 Å². The van der Waals surface area contributed by atoms with Gasteiger partial charge in [-0.1, -0.05) is 257 Å². The van der Waals surface area contributed by atoms with Crippen LogP contribution >= 0.6 is 0 Å². The summed E-state index contributed by atoms with van der Waals surface area (Å²) in [6.07, 6.45) is 91.6. The third kappa shape index (κ3) is 62.4. The van der Waals surface area contributed by atoms with Crippen LogP contribution in [0.2, 0.25) is 0 Å². The molecule has 0 fully saturated rings. The minimum absolute atomic E-state index is 0.103. The highest BCUT2D eigenvalue weighted by atomic mass is 16.6. The second-order valence-corrected chi connectivity index (χ2v) is 20.9. The number of carbonyl (C=O) groups is 3. The molecule has 1 atom stereocenters. The Labute approximate surface area is 481 Å². The summed E-state index contributed by atoms with van der Waals surface area (Å²) in [7, 11) is 0. The van der Waals surface area contributed by atoms with E-state index in [1.165, 1.54) is 109 Å².